The molecule has 0 atom stereocenters. The minimum absolute atomic E-state index is 0. The molecule has 100 valence electrons. The van der Waals surface area contributed by atoms with Gasteiger partial charge in [0.25, 0.3) is 0 Å². The summed E-state index contributed by atoms with van der Waals surface area (Å²) in [7, 11) is 0. The largest absolute Gasteiger partial charge is 1.00 e. The number of carbonyl (C=O) groups excluding carboxylic acids is 1. The number of para-hydroxylation sites is 2. The Bertz CT molecular complexity index is 796. The third-order valence-electron chi connectivity index (χ3n) is 3.43. The summed E-state index contributed by atoms with van der Waals surface area (Å²) in [5.41, 5.74) is 3.66. The van der Waals surface area contributed by atoms with E-state index in [2.05, 4.69) is 4.98 Å². The van der Waals surface area contributed by atoms with Gasteiger partial charge in [0.05, 0.1) is 11.0 Å². The Hall–Kier alpha value is -2.02. The first kappa shape index (κ1) is 15.4. The van der Waals surface area contributed by atoms with E-state index in [9.17, 15) is 9.90 Å². The monoisotopic (exact) mass is 272 g/mol. The van der Waals surface area contributed by atoms with Crippen molar-refractivity contribution in [3.63, 3.8) is 0 Å². The van der Waals surface area contributed by atoms with Gasteiger partial charge in [0.15, 0.2) is 5.82 Å². The van der Waals surface area contributed by atoms with Gasteiger partial charge in [-0.15, -0.1) is 0 Å². The molecule has 0 saturated carbocycles. The fourth-order valence-corrected chi connectivity index (χ4v) is 2.35. The summed E-state index contributed by atoms with van der Waals surface area (Å²) >= 11 is 0. The van der Waals surface area contributed by atoms with Crippen LogP contribution in [0.25, 0.3) is 11.0 Å². The first-order valence-electron chi connectivity index (χ1n) is 6.38. The molecule has 1 heterocycles. The van der Waals surface area contributed by atoms with Gasteiger partial charge in [0.2, 0.25) is 0 Å². The van der Waals surface area contributed by atoms with Crippen molar-refractivity contribution in [1.29, 1.82) is 0 Å². The second-order valence-corrected chi connectivity index (χ2v) is 4.72. The van der Waals surface area contributed by atoms with Crippen LogP contribution in [0.4, 0.5) is 0 Å². The smallest absolute Gasteiger partial charge is 0.542 e. The first-order chi connectivity index (χ1) is 9.66. The van der Waals surface area contributed by atoms with Gasteiger partial charge < -0.3 is 14.5 Å². The van der Waals surface area contributed by atoms with Crippen LogP contribution >= 0.6 is 0 Å². The Morgan fingerprint density at radius 1 is 1.14 bits per heavy atom. The summed E-state index contributed by atoms with van der Waals surface area (Å²) in [4.78, 5) is 15.4. The molecule has 0 spiro atoms. The maximum absolute atomic E-state index is 11.3. The molecule has 0 fully saturated rings. The number of hydrogen-bond acceptors (Lipinski definition) is 3. The molecule has 0 amide bonds. The van der Waals surface area contributed by atoms with Crippen LogP contribution in [0.2, 0.25) is 0 Å². The van der Waals surface area contributed by atoms with E-state index in [0.717, 1.165) is 16.6 Å². The fraction of sp³-hybridized carbons (Fsp3) is 0.125. The molecule has 4 nitrogen and oxygen atoms in total. The molecule has 2 aromatic carbocycles. The zero-order valence-corrected chi connectivity index (χ0v) is 12.0. The zero-order chi connectivity index (χ0) is 14.1. The van der Waals surface area contributed by atoms with Crippen LogP contribution in [0.3, 0.4) is 0 Å². The van der Waals surface area contributed by atoms with Crippen LogP contribution in [0.15, 0.2) is 48.5 Å². The molecular formula is C16H13LiN2O2. The van der Waals surface area contributed by atoms with E-state index in [1.54, 1.807) is 10.6 Å². The Morgan fingerprint density at radius 3 is 2.52 bits per heavy atom. The summed E-state index contributed by atoms with van der Waals surface area (Å²) in [6.45, 7) is 2.48. The number of carboxylic acid groups (broad SMARTS) is 1. The van der Waals surface area contributed by atoms with Gasteiger partial charge in [-0.1, -0.05) is 36.4 Å². The summed E-state index contributed by atoms with van der Waals surface area (Å²) in [6, 6.07) is 15.3. The normalized spacial score (nSPS) is 10.3. The number of carbonyl (C=O) groups is 1. The molecule has 1 aromatic heterocycles. The maximum atomic E-state index is 11.3. The Morgan fingerprint density at radius 2 is 1.81 bits per heavy atom. The van der Waals surface area contributed by atoms with E-state index in [1.807, 2.05) is 49.4 Å². The molecule has 0 bridgehead atoms. The molecule has 0 radical (unpaired) electrons. The van der Waals surface area contributed by atoms with Crippen molar-refractivity contribution in [2.45, 2.75) is 13.5 Å². The summed E-state index contributed by atoms with van der Waals surface area (Å²) in [6.07, 6.45) is 0. The molecule has 3 aromatic rings. The van der Waals surface area contributed by atoms with Crippen molar-refractivity contribution in [3.8, 4) is 0 Å². The molecule has 21 heavy (non-hydrogen) atoms. The number of carboxylic acids is 1. The number of fused-ring (bicyclic) bond motifs is 1. The van der Waals surface area contributed by atoms with Gasteiger partial charge >= 0.3 is 18.9 Å². The third-order valence-corrected chi connectivity index (χ3v) is 3.43. The van der Waals surface area contributed by atoms with Crippen LogP contribution in [0.1, 0.15) is 21.7 Å². The molecular weight excluding hydrogens is 259 g/mol. The Kier molecular flexibility index (Phi) is 4.52. The first-order valence-corrected chi connectivity index (χ1v) is 6.38. The van der Waals surface area contributed by atoms with E-state index in [1.165, 1.54) is 0 Å². The quantitative estimate of drug-likeness (QED) is 0.560. The number of benzene rings is 2. The summed E-state index contributed by atoms with van der Waals surface area (Å²) in [5, 5.41) is 11.3. The van der Waals surface area contributed by atoms with Gasteiger partial charge in [0.1, 0.15) is 5.97 Å². The molecule has 0 aliphatic carbocycles. The van der Waals surface area contributed by atoms with Crippen molar-refractivity contribution in [3.05, 3.63) is 65.5 Å². The number of nitrogens with zero attached hydrogens (tertiary/aromatic N) is 2. The number of aromatic nitrogens is 2. The summed E-state index contributed by atoms with van der Waals surface area (Å²) < 4.78 is 1.69. The van der Waals surface area contributed by atoms with E-state index in [0.29, 0.717) is 12.1 Å². The number of aryl methyl sites for hydroxylation is 1. The number of rotatable bonds is 3. The fourth-order valence-electron chi connectivity index (χ4n) is 2.35. The minimum Gasteiger partial charge on any atom is -0.542 e. The molecule has 0 aliphatic heterocycles. The van der Waals surface area contributed by atoms with E-state index < -0.39 is 5.97 Å². The van der Waals surface area contributed by atoms with Crippen molar-refractivity contribution < 1.29 is 28.8 Å². The standard InChI is InChI=1S/C16H14N2O2.Li/c1-11-6-2-3-7-12(11)10-18-14-9-5-4-8-13(14)17-15(18)16(19)20;/h2-9H,10H2,1H3,(H,19,20);/q;+1/p-1. The summed E-state index contributed by atoms with van der Waals surface area (Å²) in [5.74, 6) is -1.29. The second-order valence-electron chi connectivity index (χ2n) is 4.72. The van der Waals surface area contributed by atoms with Crippen molar-refractivity contribution in [2.24, 2.45) is 0 Å². The van der Waals surface area contributed by atoms with Crippen molar-refractivity contribution in [1.82, 2.24) is 9.55 Å². The SMILES string of the molecule is Cc1ccccc1Cn1c(C(=O)[O-])nc2ccccc21.[Li+]. The molecule has 0 N–H and O–H groups in total. The average Bonchev–Trinajstić information content (AvgIpc) is 2.81. The number of aromatic carboxylic acids is 1. The third kappa shape index (κ3) is 2.87. The van der Waals surface area contributed by atoms with Gasteiger partial charge in [-0.3, -0.25) is 0 Å². The van der Waals surface area contributed by atoms with Crippen molar-refractivity contribution >= 4 is 17.0 Å². The van der Waals surface area contributed by atoms with Crippen LogP contribution in [0.5, 0.6) is 0 Å². The zero-order valence-electron chi connectivity index (χ0n) is 12.0. The van der Waals surface area contributed by atoms with Crippen LogP contribution in [-0.4, -0.2) is 15.5 Å². The predicted octanol–water partition coefficient (Wildman–Crippen LogP) is -1.24. The van der Waals surface area contributed by atoms with Gasteiger partial charge in [-0.05, 0) is 30.2 Å². The van der Waals surface area contributed by atoms with Crippen LogP contribution < -0.4 is 24.0 Å². The topological polar surface area (TPSA) is 58.0 Å². The second kappa shape index (κ2) is 6.17. The number of hydrogen-bond donors (Lipinski definition) is 0. The molecule has 3 rings (SSSR count). The molecule has 0 aliphatic rings. The van der Waals surface area contributed by atoms with Gasteiger partial charge in [0, 0.05) is 6.54 Å². The van der Waals surface area contributed by atoms with E-state index in [-0.39, 0.29) is 24.7 Å². The van der Waals surface area contributed by atoms with Gasteiger partial charge in [-0.25, -0.2) is 4.98 Å². The molecule has 0 saturated heterocycles. The van der Waals surface area contributed by atoms with Crippen LogP contribution in [-0.2, 0) is 6.54 Å². The average molecular weight is 272 g/mol. The van der Waals surface area contributed by atoms with Crippen LogP contribution in [0, 0.1) is 6.92 Å². The van der Waals surface area contributed by atoms with Crippen molar-refractivity contribution in [2.75, 3.05) is 0 Å². The van der Waals surface area contributed by atoms with E-state index >= 15 is 0 Å². The van der Waals surface area contributed by atoms with Gasteiger partial charge in [-0.2, -0.15) is 0 Å². The molecule has 5 heteroatoms. The number of imidazole rings is 1. The Labute approximate surface area is 134 Å². The minimum atomic E-state index is -1.25. The maximum Gasteiger partial charge on any atom is 1.00 e. The predicted molar refractivity (Wildman–Crippen MR) is 74.3 cm³/mol. The Balaban J connectivity index is 0.00000161. The molecule has 0 unspecified atom stereocenters. The van der Waals surface area contributed by atoms with E-state index in [4.69, 9.17) is 0 Å².